The van der Waals surface area contributed by atoms with E-state index in [9.17, 15) is 9.90 Å². The summed E-state index contributed by atoms with van der Waals surface area (Å²) in [5.41, 5.74) is 1.52. The molecule has 0 spiro atoms. The lowest BCUT2D eigenvalue weighted by Crippen LogP contribution is -2.04. The molecule has 0 aliphatic heterocycles. The van der Waals surface area contributed by atoms with Crippen molar-refractivity contribution in [1.29, 1.82) is 0 Å². The van der Waals surface area contributed by atoms with Crippen LogP contribution < -0.4 is 5.43 Å². The van der Waals surface area contributed by atoms with Gasteiger partial charge in [0, 0.05) is 5.56 Å². The zero-order chi connectivity index (χ0) is 16.2. The SMILES string of the molecule is CCCC=Cc1cccc2oc(-c3ccccc3)c(O)c(=O)c12. The quantitative estimate of drug-likeness (QED) is 0.739. The summed E-state index contributed by atoms with van der Waals surface area (Å²) in [5, 5.41) is 10.7. The molecule has 0 aliphatic carbocycles. The summed E-state index contributed by atoms with van der Waals surface area (Å²) in [6.45, 7) is 2.10. The number of rotatable bonds is 4. The van der Waals surface area contributed by atoms with Crippen LogP contribution in [-0.2, 0) is 0 Å². The summed E-state index contributed by atoms with van der Waals surface area (Å²) in [6.07, 6.45) is 5.91. The van der Waals surface area contributed by atoms with E-state index in [-0.39, 0.29) is 11.5 Å². The number of aromatic hydroxyl groups is 1. The van der Waals surface area contributed by atoms with Crippen molar-refractivity contribution < 1.29 is 9.52 Å². The van der Waals surface area contributed by atoms with Crippen molar-refractivity contribution in [3.05, 3.63) is 70.4 Å². The monoisotopic (exact) mass is 306 g/mol. The van der Waals surface area contributed by atoms with Gasteiger partial charge in [0.25, 0.3) is 0 Å². The second-order valence-electron chi connectivity index (χ2n) is 5.39. The first kappa shape index (κ1) is 15.1. The van der Waals surface area contributed by atoms with Crippen molar-refractivity contribution in [3.8, 4) is 17.1 Å². The van der Waals surface area contributed by atoms with Gasteiger partial charge in [-0.3, -0.25) is 4.79 Å². The van der Waals surface area contributed by atoms with Crippen molar-refractivity contribution in [2.24, 2.45) is 0 Å². The molecule has 0 aliphatic rings. The van der Waals surface area contributed by atoms with Crippen LogP contribution in [0.15, 0.2) is 63.8 Å². The average Bonchev–Trinajstić information content (AvgIpc) is 2.59. The van der Waals surface area contributed by atoms with Gasteiger partial charge >= 0.3 is 0 Å². The van der Waals surface area contributed by atoms with E-state index in [2.05, 4.69) is 6.92 Å². The molecule has 3 heteroatoms. The largest absolute Gasteiger partial charge is 0.502 e. The smallest absolute Gasteiger partial charge is 0.235 e. The van der Waals surface area contributed by atoms with Gasteiger partial charge < -0.3 is 9.52 Å². The molecule has 0 unspecified atom stereocenters. The third kappa shape index (κ3) is 2.90. The Kier molecular flexibility index (Phi) is 4.29. The van der Waals surface area contributed by atoms with Gasteiger partial charge in [0.2, 0.25) is 11.2 Å². The Bertz CT molecular complexity index is 905. The maximum absolute atomic E-state index is 12.6. The molecule has 1 heterocycles. The van der Waals surface area contributed by atoms with Crippen LogP contribution in [0.2, 0.25) is 0 Å². The Hall–Kier alpha value is -2.81. The van der Waals surface area contributed by atoms with E-state index < -0.39 is 5.43 Å². The Labute approximate surface area is 134 Å². The maximum Gasteiger partial charge on any atom is 0.235 e. The minimum Gasteiger partial charge on any atom is -0.502 e. The molecule has 1 aromatic heterocycles. The fraction of sp³-hybridized carbons (Fsp3) is 0.150. The lowest BCUT2D eigenvalue weighted by molar-refractivity contribution is 0.449. The molecule has 1 N–H and O–H groups in total. The van der Waals surface area contributed by atoms with Crippen LogP contribution in [0.4, 0.5) is 0 Å². The molecule has 0 saturated carbocycles. The molecule has 0 saturated heterocycles. The molecule has 3 nitrogen and oxygen atoms in total. The van der Waals surface area contributed by atoms with Crippen LogP contribution in [0.5, 0.6) is 5.75 Å². The zero-order valence-electron chi connectivity index (χ0n) is 13.0. The summed E-state index contributed by atoms with van der Waals surface area (Å²) in [5.74, 6) is -0.141. The number of hydrogen-bond donors (Lipinski definition) is 1. The van der Waals surface area contributed by atoms with Crippen LogP contribution >= 0.6 is 0 Å². The second kappa shape index (κ2) is 6.53. The van der Waals surface area contributed by atoms with Gasteiger partial charge in [0.1, 0.15) is 5.58 Å². The molecule has 116 valence electrons. The Morgan fingerprint density at radius 2 is 1.87 bits per heavy atom. The van der Waals surface area contributed by atoms with Gasteiger partial charge in [0.05, 0.1) is 5.39 Å². The number of fused-ring (bicyclic) bond motifs is 1. The van der Waals surface area contributed by atoms with Gasteiger partial charge in [-0.05, 0) is 18.1 Å². The van der Waals surface area contributed by atoms with E-state index in [0.717, 1.165) is 18.4 Å². The van der Waals surface area contributed by atoms with Gasteiger partial charge in [-0.2, -0.15) is 0 Å². The number of unbranched alkanes of at least 4 members (excludes halogenated alkanes) is 1. The summed E-state index contributed by atoms with van der Waals surface area (Å²) < 4.78 is 5.82. The summed E-state index contributed by atoms with van der Waals surface area (Å²) in [4.78, 5) is 12.6. The molecular weight excluding hydrogens is 288 g/mol. The van der Waals surface area contributed by atoms with E-state index in [0.29, 0.717) is 16.5 Å². The summed E-state index contributed by atoms with van der Waals surface area (Å²) in [7, 11) is 0. The topological polar surface area (TPSA) is 50.4 Å². The first-order chi connectivity index (χ1) is 11.2. The molecule has 0 fully saturated rings. The van der Waals surface area contributed by atoms with E-state index in [1.54, 1.807) is 18.2 Å². The predicted molar refractivity (Wildman–Crippen MR) is 93.5 cm³/mol. The molecule has 0 bridgehead atoms. The van der Waals surface area contributed by atoms with Gasteiger partial charge in [-0.25, -0.2) is 0 Å². The van der Waals surface area contributed by atoms with E-state index in [4.69, 9.17) is 4.42 Å². The average molecular weight is 306 g/mol. The van der Waals surface area contributed by atoms with Crippen molar-refractivity contribution in [1.82, 2.24) is 0 Å². The van der Waals surface area contributed by atoms with Crippen molar-refractivity contribution >= 4 is 17.0 Å². The highest BCUT2D eigenvalue weighted by molar-refractivity contribution is 5.89. The van der Waals surface area contributed by atoms with Gasteiger partial charge in [0.15, 0.2) is 5.76 Å². The molecule has 0 atom stereocenters. The molecule has 3 rings (SSSR count). The van der Waals surface area contributed by atoms with Crippen molar-refractivity contribution in [2.45, 2.75) is 19.8 Å². The highest BCUT2D eigenvalue weighted by Gasteiger charge is 2.16. The van der Waals surface area contributed by atoms with Gasteiger partial charge in [-0.1, -0.05) is 68.0 Å². The third-order valence-electron chi connectivity index (χ3n) is 3.72. The number of benzene rings is 2. The maximum atomic E-state index is 12.6. The Morgan fingerprint density at radius 1 is 1.09 bits per heavy atom. The minimum absolute atomic E-state index is 0.206. The number of allylic oxidation sites excluding steroid dienone is 1. The first-order valence-corrected chi connectivity index (χ1v) is 7.73. The lowest BCUT2D eigenvalue weighted by atomic mass is 10.1. The Morgan fingerprint density at radius 3 is 2.61 bits per heavy atom. The van der Waals surface area contributed by atoms with Crippen LogP contribution in [0.25, 0.3) is 28.4 Å². The first-order valence-electron chi connectivity index (χ1n) is 7.73. The predicted octanol–water partition coefficient (Wildman–Crippen LogP) is 4.98. The van der Waals surface area contributed by atoms with Crippen molar-refractivity contribution in [3.63, 3.8) is 0 Å². The van der Waals surface area contributed by atoms with Crippen molar-refractivity contribution in [2.75, 3.05) is 0 Å². The number of hydrogen-bond acceptors (Lipinski definition) is 3. The summed E-state index contributed by atoms with van der Waals surface area (Å²) in [6, 6.07) is 14.6. The third-order valence-corrected chi connectivity index (χ3v) is 3.72. The van der Waals surface area contributed by atoms with Crippen LogP contribution in [0, 0.1) is 0 Å². The van der Waals surface area contributed by atoms with E-state index in [1.165, 1.54) is 0 Å². The molecule has 2 aromatic carbocycles. The standard InChI is InChI=1S/C20H18O3/c1-2-3-5-9-14-12-8-13-16-17(14)18(21)19(22)20(23-16)15-10-6-4-7-11-15/h4-13,22H,2-3H2,1H3. The zero-order valence-corrected chi connectivity index (χ0v) is 13.0. The van der Waals surface area contributed by atoms with Crippen LogP contribution in [0.3, 0.4) is 0 Å². The van der Waals surface area contributed by atoms with Crippen LogP contribution in [-0.4, -0.2) is 5.11 Å². The van der Waals surface area contributed by atoms with Gasteiger partial charge in [-0.15, -0.1) is 0 Å². The molecule has 0 radical (unpaired) electrons. The lowest BCUT2D eigenvalue weighted by Gasteiger charge is -2.07. The fourth-order valence-electron chi connectivity index (χ4n) is 2.56. The summed E-state index contributed by atoms with van der Waals surface area (Å²) >= 11 is 0. The highest BCUT2D eigenvalue weighted by Crippen LogP contribution is 2.31. The highest BCUT2D eigenvalue weighted by atomic mass is 16.4. The van der Waals surface area contributed by atoms with E-state index in [1.807, 2.05) is 42.5 Å². The molecule has 0 amide bonds. The Balaban J connectivity index is 2.23. The molecular formula is C20H18O3. The second-order valence-corrected chi connectivity index (χ2v) is 5.39. The normalized spacial score (nSPS) is 11.3. The minimum atomic E-state index is -0.401. The van der Waals surface area contributed by atoms with Crippen LogP contribution in [0.1, 0.15) is 25.3 Å². The van der Waals surface area contributed by atoms with E-state index >= 15 is 0 Å². The molecule has 3 aromatic rings. The fourth-order valence-corrected chi connectivity index (χ4v) is 2.56. The molecule has 23 heavy (non-hydrogen) atoms.